The van der Waals surface area contributed by atoms with E-state index in [2.05, 4.69) is 15.0 Å². The van der Waals surface area contributed by atoms with Crippen LogP contribution in [0.25, 0.3) is 10.9 Å². The molecule has 1 aliphatic heterocycles. The van der Waals surface area contributed by atoms with Gasteiger partial charge in [-0.25, -0.2) is 9.78 Å². The molecule has 0 radical (unpaired) electrons. The molecule has 1 aromatic heterocycles. The Morgan fingerprint density at radius 1 is 1.12 bits per heavy atom. The molecule has 7 heteroatoms. The number of fused-ring (bicyclic) bond motifs is 2. The summed E-state index contributed by atoms with van der Waals surface area (Å²) in [5, 5.41) is 3.20. The van der Waals surface area contributed by atoms with Crippen molar-refractivity contribution in [3.63, 3.8) is 0 Å². The number of amides is 1. The molecule has 2 heterocycles. The largest absolute Gasteiger partial charge is 0.465 e. The molecule has 4 rings (SSSR count). The Morgan fingerprint density at radius 3 is 2.56 bits per heavy atom. The van der Waals surface area contributed by atoms with Crippen LogP contribution in [0, 0.1) is 0 Å². The fraction of sp³-hybridized carbons (Fsp3) is 0.111. The van der Waals surface area contributed by atoms with E-state index < -0.39 is 18.0 Å². The van der Waals surface area contributed by atoms with Crippen molar-refractivity contribution in [3.8, 4) is 0 Å². The van der Waals surface area contributed by atoms with Crippen molar-refractivity contribution in [2.75, 3.05) is 7.11 Å². The molecule has 0 saturated carbocycles. The van der Waals surface area contributed by atoms with E-state index in [1.54, 1.807) is 48.5 Å². The fourth-order valence-corrected chi connectivity index (χ4v) is 2.95. The molecule has 1 atom stereocenters. The Hall–Kier alpha value is -3.48. The second-order valence-corrected chi connectivity index (χ2v) is 5.62. The second-order valence-electron chi connectivity index (χ2n) is 5.62. The average molecular weight is 335 g/mol. The van der Waals surface area contributed by atoms with Gasteiger partial charge in [-0.15, -0.1) is 0 Å². The molecule has 3 aromatic rings. The lowest BCUT2D eigenvalue weighted by Crippen LogP contribution is -2.28. The van der Waals surface area contributed by atoms with Crippen LogP contribution in [0.4, 0.5) is 0 Å². The zero-order valence-corrected chi connectivity index (χ0v) is 13.2. The monoisotopic (exact) mass is 335 g/mol. The summed E-state index contributed by atoms with van der Waals surface area (Å²) in [5.74, 6) is -0.789. The number of aromatic nitrogens is 2. The fourth-order valence-electron chi connectivity index (χ4n) is 2.95. The van der Waals surface area contributed by atoms with Gasteiger partial charge in [0, 0.05) is 0 Å². The highest BCUT2D eigenvalue weighted by atomic mass is 16.5. The minimum Gasteiger partial charge on any atom is -0.465 e. The number of hydrogen-bond donors (Lipinski definition) is 1. The van der Waals surface area contributed by atoms with Crippen LogP contribution < -0.4 is 10.9 Å². The maximum atomic E-state index is 12.8. The van der Waals surface area contributed by atoms with E-state index in [1.807, 2.05) is 0 Å². The number of carbonyl (C=O) groups is 2. The van der Waals surface area contributed by atoms with E-state index in [0.717, 1.165) is 0 Å². The summed E-state index contributed by atoms with van der Waals surface area (Å²) >= 11 is 0. The van der Waals surface area contributed by atoms with E-state index in [4.69, 9.17) is 0 Å². The number of ether oxygens (including phenoxy) is 1. The van der Waals surface area contributed by atoms with Gasteiger partial charge in [-0.1, -0.05) is 24.3 Å². The first-order chi connectivity index (χ1) is 12.1. The van der Waals surface area contributed by atoms with Gasteiger partial charge in [0.2, 0.25) is 5.82 Å². The van der Waals surface area contributed by atoms with Gasteiger partial charge in [0.05, 0.1) is 23.6 Å². The first-order valence-corrected chi connectivity index (χ1v) is 7.60. The van der Waals surface area contributed by atoms with Gasteiger partial charge in [-0.05, 0) is 29.8 Å². The molecule has 1 unspecified atom stereocenters. The highest BCUT2D eigenvalue weighted by Gasteiger charge is 2.32. The van der Waals surface area contributed by atoms with E-state index in [-0.39, 0.29) is 11.4 Å². The lowest BCUT2D eigenvalue weighted by Gasteiger charge is -2.14. The SMILES string of the molecule is COC(=O)c1ccc(C2NC(=O)c3nc4ccccc4c(=O)n32)cc1. The maximum Gasteiger partial charge on any atom is 0.337 e. The third-order valence-corrected chi connectivity index (χ3v) is 4.18. The van der Waals surface area contributed by atoms with Crippen molar-refractivity contribution in [2.45, 2.75) is 6.17 Å². The van der Waals surface area contributed by atoms with Crippen molar-refractivity contribution in [2.24, 2.45) is 0 Å². The molecule has 0 aliphatic carbocycles. The summed E-state index contributed by atoms with van der Waals surface area (Å²) in [4.78, 5) is 40.9. The third kappa shape index (κ3) is 2.28. The first-order valence-electron chi connectivity index (χ1n) is 7.60. The summed E-state index contributed by atoms with van der Waals surface area (Å²) < 4.78 is 6.01. The van der Waals surface area contributed by atoms with E-state index in [0.29, 0.717) is 22.0 Å². The molecular weight excluding hydrogens is 322 g/mol. The Balaban J connectivity index is 1.85. The Kier molecular flexibility index (Phi) is 3.35. The van der Waals surface area contributed by atoms with Gasteiger partial charge in [0.1, 0.15) is 6.17 Å². The van der Waals surface area contributed by atoms with E-state index >= 15 is 0 Å². The van der Waals surface area contributed by atoms with Crippen LogP contribution >= 0.6 is 0 Å². The number of nitrogens with zero attached hydrogens (tertiary/aromatic N) is 2. The average Bonchev–Trinajstić information content (AvgIpc) is 2.98. The zero-order valence-electron chi connectivity index (χ0n) is 13.2. The smallest absolute Gasteiger partial charge is 0.337 e. The number of nitrogens with one attached hydrogen (secondary N) is 1. The number of benzene rings is 2. The third-order valence-electron chi connectivity index (χ3n) is 4.18. The van der Waals surface area contributed by atoms with Crippen LogP contribution in [0.3, 0.4) is 0 Å². The minimum atomic E-state index is -0.668. The highest BCUT2D eigenvalue weighted by Crippen LogP contribution is 2.23. The number of para-hydroxylation sites is 1. The molecule has 1 amide bonds. The van der Waals surface area contributed by atoms with Crippen LogP contribution in [0.5, 0.6) is 0 Å². The summed E-state index contributed by atoms with van der Waals surface area (Å²) in [6.07, 6.45) is -0.668. The van der Waals surface area contributed by atoms with Crippen molar-refractivity contribution in [3.05, 3.63) is 75.8 Å². The molecule has 0 saturated heterocycles. The van der Waals surface area contributed by atoms with Crippen LogP contribution in [0.15, 0.2) is 53.3 Å². The summed E-state index contributed by atoms with van der Waals surface area (Å²) in [5.41, 5.74) is 1.25. The molecule has 25 heavy (non-hydrogen) atoms. The lowest BCUT2D eigenvalue weighted by molar-refractivity contribution is 0.0600. The quantitative estimate of drug-likeness (QED) is 0.716. The highest BCUT2D eigenvalue weighted by molar-refractivity contribution is 5.95. The minimum absolute atomic E-state index is 0.0748. The van der Waals surface area contributed by atoms with Crippen molar-refractivity contribution in [1.82, 2.24) is 14.9 Å². The second kappa shape index (κ2) is 5.55. The van der Waals surface area contributed by atoms with E-state index in [9.17, 15) is 14.4 Å². The number of esters is 1. The van der Waals surface area contributed by atoms with Crippen LogP contribution in [-0.2, 0) is 4.74 Å². The number of carbonyl (C=O) groups excluding carboxylic acids is 2. The molecule has 0 bridgehead atoms. The van der Waals surface area contributed by atoms with Crippen molar-refractivity contribution in [1.29, 1.82) is 0 Å². The van der Waals surface area contributed by atoms with Gasteiger partial charge in [0.25, 0.3) is 11.5 Å². The van der Waals surface area contributed by atoms with Crippen LogP contribution in [0.2, 0.25) is 0 Å². The summed E-state index contributed by atoms with van der Waals surface area (Å²) in [6, 6.07) is 13.4. The summed E-state index contributed by atoms with van der Waals surface area (Å²) in [6.45, 7) is 0. The Bertz CT molecular complexity index is 1070. The van der Waals surface area contributed by atoms with Gasteiger partial charge in [0.15, 0.2) is 0 Å². The first kappa shape index (κ1) is 15.1. The number of methoxy groups -OCH3 is 1. The van der Waals surface area contributed by atoms with Crippen LogP contribution in [0.1, 0.15) is 32.7 Å². The zero-order chi connectivity index (χ0) is 17.6. The van der Waals surface area contributed by atoms with Gasteiger partial charge in [-0.2, -0.15) is 0 Å². The molecular formula is C18H13N3O4. The lowest BCUT2D eigenvalue weighted by atomic mass is 10.1. The predicted octanol–water partition coefficient (Wildman–Crippen LogP) is 1.47. The normalized spacial score (nSPS) is 15.7. The maximum absolute atomic E-state index is 12.8. The van der Waals surface area contributed by atoms with Crippen molar-refractivity contribution >= 4 is 22.8 Å². The van der Waals surface area contributed by atoms with Crippen molar-refractivity contribution < 1.29 is 14.3 Å². The molecule has 7 nitrogen and oxygen atoms in total. The Morgan fingerprint density at radius 2 is 1.84 bits per heavy atom. The molecule has 124 valence electrons. The molecule has 1 aliphatic rings. The number of hydrogen-bond acceptors (Lipinski definition) is 5. The van der Waals surface area contributed by atoms with Gasteiger partial charge >= 0.3 is 5.97 Å². The topological polar surface area (TPSA) is 90.3 Å². The number of rotatable bonds is 2. The summed E-state index contributed by atoms with van der Waals surface area (Å²) in [7, 11) is 1.31. The predicted molar refractivity (Wildman–Crippen MR) is 89.4 cm³/mol. The van der Waals surface area contributed by atoms with E-state index in [1.165, 1.54) is 11.7 Å². The Labute approximate surface area is 141 Å². The van der Waals surface area contributed by atoms with Crippen LogP contribution in [-0.4, -0.2) is 28.5 Å². The van der Waals surface area contributed by atoms with Gasteiger partial charge < -0.3 is 10.1 Å². The molecule has 0 spiro atoms. The molecule has 2 aromatic carbocycles. The standard InChI is InChI=1S/C18H13N3O4/c1-25-18(24)11-8-6-10(7-9-11)14-20-16(22)15-19-13-5-3-2-4-12(13)17(23)21(14)15/h2-9,14H,1H3,(H,20,22). The molecule has 0 fully saturated rings. The molecule has 1 N–H and O–H groups in total. The van der Waals surface area contributed by atoms with Gasteiger partial charge in [-0.3, -0.25) is 14.2 Å².